The Morgan fingerprint density at radius 1 is 0.900 bits per heavy atom. The maximum Gasteiger partial charge on any atom is 0.201 e. The molecule has 100 valence electrons. The van der Waals surface area contributed by atoms with Crippen LogP contribution in [0.1, 0.15) is 5.56 Å². The third-order valence-corrected chi connectivity index (χ3v) is 4.54. The molecule has 3 aromatic rings. The van der Waals surface area contributed by atoms with Crippen molar-refractivity contribution < 1.29 is 8.42 Å². The van der Waals surface area contributed by atoms with E-state index in [1.807, 2.05) is 48.5 Å². The number of benzene rings is 2. The van der Waals surface area contributed by atoms with Crippen molar-refractivity contribution in [2.75, 3.05) is 0 Å². The topological polar surface area (TPSA) is 49.9 Å². The Hall–Kier alpha value is -2.33. The molecule has 0 atom stereocenters. The van der Waals surface area contributed by atoms with Crippen LogP contribution in [0.2, 0.25) is 0 Å². The highest BCUT2D eigenvalue weighted by Gasteiger charge is 2.15. The molecular weight excluding hydrogens is 270 g/mol. The van der Waals surface area contributed by atoms with E-state index < -0.39 is 9.84 Å². The number of fused-ring (bicyclic) bond motifs is 1. The van der Waals surface area contributed by atoms with Crippen LogP contribution in [0.25, 0.3) is 17.0 Å². The molecule has 1 heterocycles. The van der Waals surface area contributed by atoms with Crippen LogP contribution in [0.4, 0.5) is 0 Å². The lowest BCUT2D eigenvalue weighted by atomic mass is 10.2. The summed E-state index contributed by atoms with van der Waals surface area (Å²) >= 11 is 0. The van der Waals surface area contributed by atoms with E-state index in [4.69, 9.17) is 0 Å². The van der Waals surface area contributed by atoms with Crippen LogP contribution < -0.4 is 0 Å². The predicted molar refractivity (Wildman–Crippen MR) is 81.0 cm³/mol. The van der Waals surface area contributed by atoms with Crippen molar-refractivity contribution in [2.45, 2.75) is 4.90 Å². The summed E-state index contributed by atoms with van der Waals surface area (Å²) in [7, 11) is -3.45. The van der Waals surface area contributed by atoms with E-state index in [1.54, 1.807) is 12.1 Å². The van der Waals surface area contributed by atoms with Gasteiger partial charge in [0, 0.05) is 22.5 Å². The van der Waals surface area contributed by atoms with Gasteiger partial charge in [-0.05, 0) is 17.7 Å². The molecule has 0 aliphatic rings. The average molecular weight is 283 g/mol. The maximum atomic E-state index is 12.4. The van der Waals surface area contributed by atoms with Gasteiger partial charge in [-0.3, -0.25) is 0 Å². The van der Waals surface area contributed by atoms with Gasteiger partial charge in [-0.1, -0.05) is 48.5 Å². The zero-order valence-corrected chi connectivity index (χ0v) is 11.5. The molecule has 3 rings (SSSR count). The first kappa shape index (κ1) is 12.7. The number of aromatic nitrogens is 1. The summed E-state index contributed by atoms with van der Waals surface area (Å²) in [5.74, 6) is 0. The number of sulfone groups is 1. The van der Waals surface area contributed by atoms with Crippen molar-refractivity contribution in [2.24, 2.45) is 0 Å². The summed E-state index contributed by atoms with van der Waals surface area (Å²) in [5, 5.41) is 1.96. The molecule has 1 aromatic heterocycles. The summed E-state index contributed by atoms with van der Waals surface area (Å²) in [4.78, 5) is 3.29. The van der Waals surface area contributed by atoms with Crippen LogP contribution in [-0.4, -0.2) is 13.4 Å². The van der Waals surface area contributed by atoms with Crippen LogP contribution in [0.5, 0.6) is 0 Å². The van der Waals surface area contributed by atoms with E-state index in [1.165, 1.54) is 11.6 Å². The predicted octanol–water partition coefficient (Wildman–Crippen LogP) is 3.61. The summed E-state index contributed by atoms with van der Waals surface area (Å²) in [6.45, 7) is 0. The fraction of sp³-hybridized carbons (Fsp3) is 0. The van der Waals surface area contributed by atoms with Gasteiger partial charge < -0.3 is 4.98 Å². The van der Waals surface area contributed by atoms with Crippen LogP contribution >= 0.6 is 0 Å². The molecule has 0 saturated carbocycles. The van der Waals surface area contributed by atoms with Gasteiger partial charge in [0.25, 0.3) is 0 Å². The largest absolute Gasteiger partial charge is 0.360 e. The third-order valence-electron chi connectivity index (χ3n) is 3.10. The Morgan fingerprint density at radius 2 is 1.60 bits per heavy atom. The van der Waals surface area contributed by atoms with Crippen molar-refractivity contribution in [1.29, 1.82) is 0 Å². The maximum absolute atomic E-state index is 12.4. The number of H-pyrrole nitrogens is 1. The molecule has 3 nitrogen and oxygen atoms in total. The molecule has 0 unspecified atom stereocenters. The van der Waals surface area contributed by atoms with Crippen molar-refractivity contribution in [3.63, 3.8) is 0 Å². The highest BCUT2D eigenvalue weighted by molar-refractivity contribution is 7.94. The molecule has 0 amide bonds. The number of hydrogen-bond donors (Lipinski definition) is 1. The lowest BCUT2D eigenvalue weighted by Gasteiger charge is -1.97. The Kier molecular flexibility index (Phi) is 3.16. The normalized spacial score (nSPS) is 12.2. The second-order valence-electron chi connectivity index (χ2n) is 4.46. The summed E-state index contributed by atoms with van der Waals surface area (Å²) in [6.07, 6.45) is 3.15. The van der Waals surface area contributed by atoms with Gasteiger partial charge in [-0.25, -0.2) is 8.42 Å². The molecule has 0 saturated heterocycles. The van der Waals surface area contributed by atoms with Gasteiger partial charge >= 0.3 is 0 Å². The molecule has 0 bridgehead atoms. The lowest BCUT2D eigenvalue weighted by Crippen LogP contribution is -1.94. The van der Waals surface area contributed by atoms with Gasteiger partial charge in [0.15, 0.2) is 0 Å². The van der Waals surface area contributed by atoms with Gasteiger partial charge in [0.2, 0.25) is 9.84 Å². The molecule has 0 radical (unpaired) electrons. The van der Waals surface area contributed by atoms with E-state index in [2.05, 4.69) is 4.98 Å². The molecule has 0 spiro atoms. The first-order valence-electron chi connectivity index (χ1n) is 6.21. The number of nitrogens with one attached hydrogen (secondary N) is 1. The quantitative estimate of drug-likeness (QED) is 0.798. The molecule has 4 heteroatoms. The van der Waals surface area contributed by atoms with E-state index in [0.29, 0.717) is 10.3 Å². The minimum atomic E-state index is -3.45. The number of para-hydroxylation sites is 1. The Labute approximate surface area is 117 Å². The first-order valence-corrected chi connectivity index (χ1v) is 7.76. The number of hydrogen-bond acceptors (Lipinski definition) is 2. The fourth-order valence-corrected chi connectivity index (χ4v) is 3.28. The van der Waals surface area contributed by atoms with Crippen LogP contribution in [0.15, 0.2) is 71.1 Å². The van der Waals surface area contributed by atoms with Crippen molar-refractivity contribution in [1.82, 2.24) is 4.98 Å². The summed E-state index contributed by atoms with van der Waals surface area (Å²) in [5.41, 5.74) is 1.68. The van der Waals surface area contributed by atoms with E-state index in [0.717, 1.165) is 11.1 Å². The summed E-state index contributed by atoms with van der Waals surface area (Å²) in [6, 6.07) is 16.7. The number of rotatable bonds is 3. The second-order valence-corrected chi connectivity index (χ2v) is 6.26. The number of aromatic amines is 1. The van der Waals surface area contributed by atoms with Crippen molar-refractivity contribution >= 4 is 26.8 Å². The minimum absolute atomic E-state index is 0.306. The Morgan fingerprint density at radius 3 is 2.40 bits per heavy atom. The molecular formula is C16H13NO2S. The molecule has 2 aromatic carbocycles. The highest BCUT2D eigenvalue weighted by Crippen LogP contribution is 2.24. The van der Waals surface area contributed by atoms with Crippen molar-refractivity contribution in [3.8, 4) is 0 Å². The average Bonchev–Trinajstić information content (AvgIpc) is 2.91. The first-order chi connectivity index (χ1) is 9.67. The lowest BCUT2D eigenvalue weighted by molar-refractivity contribution is 0.605. The second kappa shape index (κ2) is 4.98. The van der Waals surface area contributed by atoms with Gasteiger partial charge in [-0.15, -0.1) is 0 Å². The van der Waals surface area contributed by atoms with Gasteiger partial charge in [0.05, 0.1) is 4.90 Å². The third kappa shape index (κ3) is 2.38. The molecule has 0 aliphatic carbocycles. The summed E-state index contributed by atoms with van der Waals surface area (Å²) < 4.78 is 24.7. The van der Waals surface area contributed by atoms with Gasteiger partial charge in [-0.2, -0.15) is 0 Å². The van der Waals surface area contributed by atoms with Crippen molar-refractivity contribution in [3.05, 3.63) is 71.8 Å². The Bertz CT molecular complexity index is 862. The minimum Gasteiger partial charge on any atom is -0.360 e. The molecule has 20 heavy (non-hydrogen) atoms. The van der Waals surface area contributed by atoms with E-state index >= 15 is 0 Å². The van der Waals surface area contributed by atoms with Crippen LogP contribution in [-0.2, 0) is 9.84 Å². The van der Waals surface area contributed by atoms with Crippen LogP contribution in [0, 0.1) is 0 Å². The van der Waals surface area contributed by atoms with E-state index in [9.17, 15) is 8.42 Å². The monoisotopic (exact) mass is 283 g/mol. The van der Waals surface area contributed by atoms with Gasteiger partial charge in [0.1, 0.15) is 0 Å². The standard InChI is InChI=1S/C16H13NO2S/c18-20(19,11-10-13-6-2-1-3-7-13)16-12-17-15-9-5-4-8-14(15)16/h1-12,17H. The zero-order chi connectivity index (χ0) is 14.0. The Balaban J connectivity index is 2.02. The smallest absolute Gasteiger partial charge is 0.201 e. The molecule has 0 fully saturated rings. The molecule has 1 N–H and O–H groups in total. The van der Waals surface area contributed by atoms with E-state index in [-0.39, 0.29) is 0 Å². The fourth-order valence-electron chi connectivity index (χ4n) is 2.09. The highest BCUT2D eigenvalue weighted by atomic mass is 32.2. The molecule has 0 aliphatic heterocycles. The zero-order valence-electron chi connectivity index (χ0n) is 10.7. The SMILES string of the molecule is O=S(=O)(C=Cc1ccccc1)c1c[nH]c2ccccc12. The van der Waals surface area contributed by atoms with Crippen LogP contribution in [0.3, 0.4) is 0 Å².